The smallest absolute Gasteiger partial charge is 0.155 e. The maximum absolute atomic E-state index is 4.35. The highest BCUT2D eigenvalue weighted by Crippen LogP contribution is 2.10. The Balaban J connectivity index is 1.72. The molecule has 5 nitrogen and oxygen atoms in total. The number of nitrogens with zero attached hydrogens (tertiary/aromatic N) is 4. The van der Waals surface area contributed by atoms with Crippen molar-refractivity contribution in [2.24, 2.45) is 0 Å². The summed E-state index contributed by atoms with van der Waals surface area (Å²) < 4.78 is 2.89. The fourth-order valence-electron chi connectivity index (χ4n) is 2.13. The molecule has 0 saturated heterocycles. The van der Waals surface area contributed by atoms with Crippen molar-refractivity contribution in [2.75, 3.05) is 20.1 Å². The predicted octanol–water partition coefficient (Wildman–Crippen LogP) is 2.70. The van der Waals surface area contributed by atoms with E-state index in [2.05, 4.69) is 61.4 Å². The molecule has 0 saturated carbocycles. The van der Waals surface area contributed by atoms with Gasteiger partial charge in [-0.1, -0.05) is 0 Å². The highest BCUT2D eigenvalue weighted by Gasteiger charge is 2.04. The van der Waals surface area contributed by atoms with Crippen molar-refractivity contribution in [3.8, 4) is 0 Å². The first-order valence-corrected chi connectivity index (χ1v) is 8.25. The zero-order chi connectivity index (χ0) is 15.2. The van der Waals surface area contributed by atoms with Gasteiger partial charge in [-0.15, -0.1) is 0 Å². The summed E-state index contributed by atoms with van der Waals surface area (Å²) in [6.45, 7) is 7.49. The van der Waals surface area contributed by atoms with E-state index in [4.69, 9.17) is 0 Å². The fourth-order valence-corrected chi connectivity index (χ4v) is 2.44. The summed E-state index contributed by atoms with van der Waals surface area (Å²) in [7, 11) is 2.18. The summed E-state index contributed by atoms with van der Waals surface area (Å²) >= 11 is 3.39. The number of aromatic nitrogens is 3. The van der Waals surface area contributed by atoms with E-state index in [0.29, 0.717) is 6.04 Å². The van der Waals surface area contributed by atoms with Crippen LogP contribution in [0.25, 0.3) is 5.65 Å². The summed E-state index contributed by atoms with van der Waals surface area (Å²) in [5.41, 5.74) is 2.04. The topological polar surface area (TPSA) is 45.5 Å². The molecule has 0 aromatic carbocycles. The number of rotatable bonds is 8. The summed E-state index contributed by atoms with van der Waals surface area (Å²) in [5.74, 6) is 0. The average Bonchev–Trinajstić information content (AvgIpc) is 2.84. The third-order valence-electron chi connectivity index (χ3n) is 3.74. The maximum Gasteiger partial charge on any atom is 0.155 e. The van der Waals surface area contributed by atoms with Gasteiger partial charge in [-0.25, -0.2) is 9.97 Å². The van der Waals surface area contributed by atoms with Crippen molar-refractivity contribution < 1.29 is 0 Å². The van der Waals surface area contributed by atoms with Gasteiger partial charge in [0.15, 0.2) is 5.65 Å². The minimum Gasteiger partial charge on any atom is -0.311 e. The van der Waals surface area contributed by atoms with E-state index in [1.807, 2.05) is 12.4 Å². The van der Waals surface area contributed by atoms with Crippen molar-refractivity contribution in [3.63, 3.8) is 0 Å². The standard InChI is InChI=1S/C15H24BrN5/c1-12(2)20(3)7-5-4-6-17-8-13-9-19-15-10-18-14(16)11-21(13)15/h9-12,17H,4-8H2,1-3H3. The van der Waals surface area contributed by atoms with Crippen LogP contribution >= 0.6 is 15.9 Å². The molecule has 21 heavy (non-hydrogen) atoms. The lowest BCUT2D eigenvalue weighted by atomic mass is 10.2. The van der Waals surface area contributed by atoms with Gasteiger partial charge in [-0.2, -0.15) is 0 Å². The van der Waals surface area contributed by atoms with Crippen molar-refractivity contribution >= 4 is 21.6 Å². The van der Waals surface area contributed by atoms with Crippen molar-refractivity contribution in [2.45, 2.75) is 39.3 Å². The molecule has 2 aromatic heterocycles. The maximum atomic E-state index is 4.35. The van der Waals surface area contributed by atoms with Crippen LogP contribution in [0.2, 0.25) is 0 Å². The normalized spacial score (nSPS) is 11.9. The molecule has 0 aliphatic rings. The lowest BCUT2D eigenvalue weighted by molar-refractivity contribution is 0.268. The molecule has 0 aliphatic carbocycles. The van der Waals surface area contributed by atoms with E-state index in [0.717, 1.165) is 35.6 Å². The van der Waals surface area contributed by atoms with E-state index in [1.165, 1.54) is 12.8 Å². The molecule has 0 unspecified atom stereocenters. The van der Waals surface area contributed by atoms with Gasteiger partial charge in [0.2, 0.25) is 0 Å². The van der Waals surface area contributed by atoms with Gasteiger partial charge in [-0.3, -0.25) is 4.40 Å². The third kappa shape index (κ3) is 4.76. The summed E-state index contributed by atoms with van der Waals surface area (Å²) in [6, 6.07) is 0.628. The lowest BCUT2D eigenvalue weighted by Gasteiger charge is -2.20. The quantitative estimate of drug-likeness (QED) is 0.741. The van der Waals surface area contributed by atoms with E-state index in [-0.39, 0.29) is 0 Å². The lowest BCUT2D eigenvalue weighted by Crippen LogP contribution is -2.27. The molecule has 0 radical (unpaired) electrons. The van der Waals surface area contributed by atoms with Crippen molar-refractivity contribution in [1.82, 2.24) is 24.6 Å². The van der Waals surface area contributed by atoms with Gasteiger partial charge in [0.1, 0.15) is 4.60 Å². The van der Waals surface area contributed by atoms with Crippen LogP contribution in [0.5, 0.6) is 0 Å². The van der Waals surface area contributed by atoms with Crippen LogP contribution in [0.1, 0.15) is 32.4 Å². The van der Waals surface area contributed by atoms with Crippen LogP contribution in [0, 0.1) is 0 Å². The molecule has 1 N–H and O–H groups in total. The Morgan fingerprint density at radius 2 is 2.10 bits per heavy atom. The van der Waals surface area contributed by atoms with E-state index < -0.39 is 0 Å². The minimum absolute atomic E-state index is 0.628. The second-order valence-corrected chi connectivity index (χ2v) is 6.46. The highest BCUT2D eigenvalue weighted by atomic mass is 79.9. The van der Waals surface area contributed by atoms with E-state index in [9.17, 15) is 0 Å². The first kappa shape index (κ1) is 16.4. The molecule has 0 fully saturated rings. The molecule has 0 bridgehead atoms. The van der Waals surface area contributed by atoms with Gasteiger partial charge >= 0.3 is 0 Å². The Bertz CT molecular complexity index is 566. The van der Waals surface area contributed by atoms with Gasteiger partial charge in [0.05, 0.1) is 18.1 Å². The Morgan fingerprint density at radius 1 is 1.29 bits per heavy atom. The molecule has 116 valence electrons. The van der Waals surface area contributed by atoms with Crippen LogP contribution in [-0.2, 0) is 6.54 Å². The highest BCUT2D eigenvalue weighted by molar-refractivity contribution is 9.10. The summed E-state index contributed by atoms with van der Waals surface area (Å²) in [6.07, 6.45) is 8.05. The van der Waals surface area contributed by atoms with Crippen molar-refractivity contribution in [1.29, 1.82) is 0 Å². The number of hydrogen-bond donors (Lipinski definition) is 1. The molecule has 6 heteroatoms. The SMILES string of the molecule is CC(C)N(C)CCCCNCc1cnc2cnc(Br)cn12. The Kier molecular flexibility index (Phi) is 6.14. The van der Waals surface area contributed by atoms with Crippen LogP contribution in [0.4, 0.5) is 0 Å². The minimum atomic E-state index is 0.628. The second kappa shape index (κ2) is 7.87. The molecular weight excluding hydrogens is 330 g/mol. The number of imidazole rings is 1. The first-order chi connectivity index (χ1) is 10.1. The monoisotopic (exact) mass is 353 g/mol. The summed E-state index contributed by atoms with van der Waals surface area (Å²) in [4.78, 5) is 10.9. The van der Waals surface area contributed by atoms with Crippen LogP contribution in [0.3, 0.4) is 0 Å². The Labute approximate surface area is 134 Å². The van der Waals surface area contributed by atoms with Gasteiger partial charge in [-0.05, 0) is 62.8 Å². The van der Waals surface area contributed by atoms with Crippen LogP contribution < -0.4 is 5.32 Å². The Morgan fingerprint density at radius 3 is 2.86 bits per heavy atom. The average molecular weight is 354 g/mol. The number of nitrogens with one attached hydrogen (secondary N) is 1. The van der Waals surface area contributed by atoms with E-state index >= 15 is 0 Å². The van der Waals surface area contributed by atoms with E-state index in [1.54, 1.807) is 6.20 Å². The molecule has 2 heterocycles. The molecular formula is C15H24BrN5. The molecule has 0 amide bonds. The number of fused-ring (bicyclic) bond motifs is 1. The van der Waals surface area contributed by atoms with Crippen LogP contribution in [-0.4, -0.2) is 45.4 Å². The zero-order valence-corrected chi connectivity index (χ0v) is 14.6. The first-order valence-electron chi connectivity index (χ1n) is 7.46. The molecule has 0 spiro atoms. The van der Waals surface area contributed by atoms with Gasteiger partial charge in [0.25, 0.3) is 0 Å². The zero-order valence-electron chi connectivity index (χ0n) is 13.0. The predicted molar refractivity (Wildman–Crippen MR) is 89.4 cm³/mol. The molecule has 0 atom stereocenters. The van der Waals surface area contributed by atoms with Crippen molar-refractivity contribution in [3.05, 3.63) is 28.9 Å². The number of halogens is 1. The van der Waals surface area contributed by atoms with Gasteiger partial charge < -0.3 is 10.2 Å². The fraction of sp³-hybridized carbons (Fsp3) is 0.600. The summed E-state index contributed by atoms with van der Waals surface area (Å²) in [5, 5.41) is 3.49. The second-order valence-electron chi connectivity index (χ2n) is 5.65. The Hall–Kier alpha value is -0.980. The number of unbranched alkanes of at least 4 members (excludes halogenated alkanes) is 1. The number of hydrogen-bond acceptors (Lipinski definition) is 4. The van der Waals surface area contributed by atoms with Gasteiger partial charge in [0, 0.05) is 18.8 Å². The molecule has 2 aromatic rings. The largest absolute Gasteiger partial charge is 0.311 e. The van der Waals surface area contributed by atoms with Crippen LogP contribution in [0.15, 0.2) is 23.2 Å². The molecule has 2 rings (SSSR count). The third-order valence-corrected chi connectivity index (χ3v) is 4.15. The molecule has 0 aliphatic heterocycles.